The maximum atomic E-state index is 11.6. The molecule has 0 fully saturated rings. The molecule has 2 N–H and O–H groups in total. The summed E-state index contributed by atoms with van der Waals surface area (Å²) in [6, 6.07) is -0.881. The van der Waals surface area contributed by atoms with Crippen LogP contribution in [0.15, 0.2) is 10.8 Å². The van der Waals surface area contributed by atoms with E-state index in [1.54, 1.807) is 6.92 Å². The van der Waals surface area contributed by atoms with Gasteiger partial charge in [-0.3, -0.25) is 4.79 Å². The van der Waals surface area contributed by atoms with Gasteiger partial charge >= 0.3 is 5.97 Å². The maximum absolute atomic E-state index is 11.6. The van der Waals surface area contributed by atoms with E-state index in [2.05, 4.69) is 10.3 Å². The summed E-state index contributed by atoms with van der Waals surface area (Å²) in [6.45, 7) is 3.45. The highest BCUT2D eigenvalue weighted by Gasteiger charge is 2.22. The first kappa shape index (κ1) is 12.2. The highest BCUT2D eigenvalue weighted by Crippen LogP contribution is 2.05. The second kappa shape index (κ2) is 5.29. The lowest BCUT2D eigenvalue weighted by Crippen LogP contribution is -2.41. The number of aromatic nitrogens is 1. The third-order valence-electron chi connectivity index (χ3n) is 2.14. The number of nitrogens with one attached hydrogen (secondary N) is 1. The summed E-state index contributed by atoms with van der Waals surface area (Å²) in [5, 5.41) is 11.3. The van der Waals surface area contributed by atoms with E-state index < -0.39 is 17.9 Å². The lowest BCUT2D eigenvalue weighted by atomic mass is 10.1. The SMILES string of the molecule is CCCC(NC(=O)c1ncoc1C)C(=O)O. The van der Waals surface area contributed by atoms with Crippen LogP contribution in [0.2, 0.25) is 0 Å². The van der Waals surface area contributed by atoms with Crippen LogP contribution in [-0.4, -0.2) is 28.0 Å². The average Bonchev–Trinajstić information content (AvgIpc) is 2.63. The van der Waals surface area contributed by atoms with Crippen LogP contribution in [0.5, 0.6) is 0 Å². The van der Waals surface area contributed by atoms with E-state index >= 15 is 0 Å². The van der Waals surface area contributed by atoms with Crippen molar-refractivity contribution in [1.82, 2.24) is 10.3 Å². The van der Waals surface area contributed by atoms with Gasteiger partial charge in [0.1, 0.15) is 11.8 Å². The van der Waals surface area contributed by atoms with Crippen LogP contribution in [0, 0.1) is 6.92 Å². The van der Waals surface area contributed by atoms with E-state index in [4.69, 9.17) is 9.52 Å². The Kier molecular flexibility index (Phi) is 4.04. The van der Waals surface area contributed by atoms with Crippen LogP contribution in [-0.2, 0) is 4.79 Å². The molecular formula is C10H14N2O4. The molecule has 0 spiro atoms. The number of rotatable bonds is 5. The van der Waals surface area contributed by atoms with Crippen LogP contribution in [0.3, 0.4) is 0 Å². The zero-order valence-corrected chi connectivity index (χ0v) is 9.19. The normalized spacial score (nSPS) is 12.1. The number of carbonyl (C=O) groups excluding carboxylic acids is 1. The Hall–Kier alpha value is -1.85. The minimum atomic E-state index is -1.05. The minimum Gasteiger partial charge on any atom is -0.480 e. The first-order valence-corrected chi connectivity index (χ1v) is 5.00. The van der Waals surface area contributed by atoms with Crippen LogP contribution in [0.4, 0.5) is 0 Å². The zero-order valence-electron chi connectivity index (χ0n) is 9.19. The minimum absolute atomic E-state index is 0.127. The molecule has 1 aromatic rings. The van der Waals surface area contributed by atoms with Crippen LogP contribution in [0.25, 0.3) is 0 Å². The van der Waals surface area contributed by atoms with Crippen molar-refractivity contribution < 1.29 is 19.1 Å². The molecule has 1 aromatic heterocycles. The Bertz CT molecular complexity index is 386. The van der Waals surface area contributed by atoms with Gasteiger partial charge in [-0.1, -0.05) is 13.3 Å². The lowest BCUT2D eigenvalue weighted by molar-refractivity contribution is -0.139. The maximum Gasteiger partial charge on any atom is 0.326 e. The Morgan fingerprint density at radius 3 is 2.75 bits per heavy atom. The Balaban J connectivity index is 2.69. The molecule has 0 saturated heterocycles. The quantitative estimate of drug-likeness (QED) is 0.780. The molecule has 0 aromatic carbocycles. The smallest absolute Gasteiger partial charge is 0.326 e. The number of carbonyl (C=O) groups is 2. The van der Waals surface area contributed by atoms with Gasteiger partial charge in [-0.05, 0) is 13.3 Å². The lowest BCUT2D eigenvalue weighted by Gasteiger charge is -2.12. The summed E-state index contributed by atoms with van der Waals surface area (Å²) in [5.41, 5.74) is 0.127. The highest BCUT2D eigenvalue weighted by molar-refractivity contribution is 5.95. The number of amides is 1. The van der Waals surface area contributed by atoms with Gasteiger partial charge in [-0.2, -0.15) is 0 Å². The summed E-state index contributed by atoms with van der Waals surface area (Å²) in [5.74, 6) is -1.19. The van der Waals surface area contributed by atoms with Gasteiger partial charge in [0.25, 0.3) is 5.91 Å². The van der Waals surface area contributed by atoms with Gasteiger partial charge in [-0.25, -0.2) is 9.78 Å². The average molecular weight is 226 g/mol. The predicted molar refractivity (Wildman–Crippen MR) is 55.0 cm³/mol. The molecule has 0 saturated carbocycles. The molecule has 0 aliphatic rings. The summed E-state index contributed by atoms with van der Waals surface area (Å²) in [6.07, 6.45) is 2.22. The van der Waals surface area contributed by atoms with Gasteiger partial charge in [0.15, 0.2) is 12.1 Å². The molecule has 1 amide bonds. The van der Waals surface area contributed by atoms with Crippen molar-refractivity contribution in [3.05, 3.63) is 17.8 Å². The summed E-state index contributed by atoms with van der Waals surface area (Å²) in [7, 11) is 0. The molecule has 1 rings (SSSR count). The van der Waals surface area contributed by atoms with E-state index in [0.29, 0.717) is 18.6 Å². The number of carboxylic acids is 1. The topological polar surface area (TPSA) is 92.4 Å². The van der Waals surface area contributed by atoms with E-state index in [9.17, 15) is 9.59 Å². The molecule has 0 aliphatic heterocycles. The molecule has 1 atom stereocenters. The van der Waals surface area contributed by atoms with Gasteiger partial charge in [0.05, 0.1) is 0 Å². The van der Waals surface area contributed by atoms with Crippen molar-refractivity contribution in [2.45, 2.75) is 32.7 Å². The molecule has 6 heteroatoms. The van der Waals surface area contributed by atoms with Gasteiger partial charge < -0.3 is 14.8 Å². The second-order valence-corrected chi connectivity index (χ2v) is 3.41. The van der Waals surface area contributed by atoms with Crippen LogP contribution in [0.1, 0.15) is 36.0 Å². The number of hydrogen-bond acceptors (Lipinski definition) is 4. The standard InChI is InChI=1S/C10H14N2O4/c1-3-4-7(10(14)15)12-9(13)8-6(2)16-5-11-8/h5,7H,3-4H2,1-2H3,(H,12,13)(H,14,15). The molecule has 0 radical (unpaired) electrons. The monoisotopic (exact) mass is 226 g/mol. The third-order valence-corrected chi connectivity index (χ3v) is 2.14. The fourth-order valence-electron chi connectivity index (χ4n) is 1.30. The number of carboxylic acid groups (broad SMARTS) is 1. The van der Waals surface area contributed by atoms with E-state index in [0.717, 1.165) is 6.39 Å². The number of nitrogens with zero attached hydrogens (tertiary/aromatic N) is 1. The first-order chi connectivity index (χ1) is 7.56. The number of oxazole rings is 1. The summed E-state index contributed by atoms with van der Waals surface area (Å²) >= 11 is 0. The van der Waals surface area contributed by atoms with Crippen molar-refractivity contribution in [3.63, 3.8) is 0 Å². The fourth-order valence-corrected chi connectivity index (χ4v) is 1.30. The third kappa shape index (κ3) is 2.82. The van der Waals surface area contributed by atoms with Crippen LogP contribution >= 0.6 is 0 Å². The van der Waals surface area contributed by atoms with Crippen molar-refractivity contribution in [2.24, 2.45) is 0 Å². The molecule has 0 bridgehead atoms. The van der Waals surface area contributed by atoms with E-state index in [-0.39, 0.29) is 5.69 Å². The summed E-state index contributed by atoms with van der Waals surface area (Å²) in [4.78, 5) is 26.2. The van der Waals surface area contributed by atoms with Gasteiger partial charge in [0, 0.05) is 0 Å². The molecule has 16 heavy (non-hydrogen) atoms. The molecule has 88 valence electrons. The van der Waals surface area contributed by atoms with Crippen molar-refractivity contribution in [1.29, 1.82) is 0 Å². The van der Waals surface area contributed by atoms with E-state index in [1.807, 2.05) is 6.92 Å². The van der Waals surface area contributed by atoms with E-state index in [1.165, 1.54) is 0 Å². The molecule has 1 heterocycles. The Morgan fingerprint density at radius 1 is 1.62 bits per heavy atom. The van der Waals surface area contributed by atoms with Crippen LogP contribution < -0.4 is 5.32 Å². The number of aliphatic carboxylic acids is 1. The Morgan fingerprint density at radius 2 is 2.31 bits per heavy atom. The molecule has 1 unspecified atom stereocenters. The fraction of sp³-hybridized carbons (Fsp3) is 0.500. The highest BCUT2D eigenvalue weighted by atomic mass is 16.4. The molecular weight excluding hydrogens is 212 g/mol. The van der Waals surface area contributed by atoms with Gasteiger partial charge in [-0.15, -0.1) is 0 Å². The molecule has 6 nitrogen and oxygen atoms in total. The van der Waals surface area contributed by atoms with Crippen molar-refractivity contribution >= 4 is 11.9 Å². The second-order valence-electron chi connectivity index (χ2n) is 3.41. The zero-order chi connectivity index (χ0) is 12.1. The summed E-state index contributed by atoms with van der Waals surface area (Å²) < 4.78 is 4.87. The largest absolute Gasteiger partial charge is 0.480 e. The molecule has 0 aliphatic carbocycles. The van der Waals surface area contributed by atoms with Gasteiger partial charge in [0.2, 0.25) is 0 Å². The number of hydrogen-bond donors (Lipinski definition) is 2. The van der Waals surface area contributed by atoms with Crippen molar-refractivity contribution in [2.75, 3.05) is 0 Å². The Labute approximate surface area is 92.7 Å². The predicted octanol–water partition coefficient (Wildman–Crippen LogP) is 0.966. The first-order valence-electron chi connectivity index (χ1n) is 5.00. The number of aryl methyl sites for hydroxylation is 1. The van der Waals surface area contributed by atoms with Crippen molar-refractivity contribution in [3.8, 4) is 0 Å².